The number of carbonyl (C=O) groups excluding carboxylic acids is 1. The molecular weight excluding hydrogens is 214 g/mol. The molecule has 0 unspecified atom stereocenters. The summed E-state index contributed by atoms with van der Waals surface area (Å²) in [5.74, 6) is 0. The number of nitrogens with zero attached hydrogens (tertiary/aromatic N) is 1. The molecule has 0 bridgehead atoms. The second-order valence-corrected chi connectivity index (χ2v) is 4.37. The molecule has 17 heavy (non-hydrogen) atoms. The Morgan fingerprint density at radius 2 is 2.12 bits per heavy atom. The van der Waals surface area contributed by atoms with Crippen LogP contribution in [0.15, 0.2) is 43.0 Å². The van der Waals surface area contributed by atoms with Crippen LogP contribution in [0.5, 0.6) is 0 Å². The van der Waals surface area contributed by atoms with Crippen LogP contribution in [-0.2, 0) is 0 Å². The van der Waals surface area contributed by atoms with E-state index < -0.39 is 5.66 Å². The van der Waals surface area contributed by atoms with Gasteiger partial charge in [-0.05, 0) is 31.9 Å². The molecule has 0 radical (unpaired) electrons. The van der Waals surface area contributed by atoms with Crippen molar-refractivity contribution in [2.24, 2.45) is 0 Å². The first kappa shape index (κ1) is 11.7. The molecule has 1 aliphatic rings. The fraction of sp³-hybridized carbons (Fsp3) is 0.308. The molecule has 1 fully saturated rings. The number of hydrogen-bond acceptors (Lipinski definition) is 2. The van der Waals surface area contributed by atoms with Crippen molar-refractivity contribution in [3.63, 3.8) is 0 Å². The van der Waals surface area contributed by atoms with Crippen molar-refractivity contribution in [1.82, 2.24) is 10.7 Å². The minimum Gasteiger partial charge on any atom is -0.317 e. The Kier molecular flexibility index (Phi) is 3.15. The van der Waals surface area contributed by atoms with E-state index in [0.29, 0.717) is 0 Å². The van der Waals surface area contributed by atoms with E-state index in [2.05, 4.69) is 17.3 Å². The van der Waals surface area contributed by atoms with Crippen molar-refractivity contribution >= 4 is 11.7 Å². The summed E-state index contributed by atoms with van der Waals surface area (Å²) in [4.78, 5) is 11.9. The van der Waals surface area contributed by atoms with Gasteiger partial charge in [-0.3, -0.25) is 0 Å². The van der Waals surface area contributed by atoms with Gasteiger partial charge in [0, 0.05) is 0 Å². The van der Waals surface area contributed by atoms with Crippen LogP contribution in [-0.4, -0.2) is 11.7 Å². The van der Waals surface area contributed by atoms with E-state index in [-0.39, 0.29) is 6.03 Å². The highest BCUT2D eigenvalue weighted by molar-refractivity contribution is 5.93. The average Bonchev–Trinajstić information content (AvgIpc) is 2.64. The number of allylic oxidation sites excluding steroid dienone is 1. The number of amides is 2. The first-order chi connectivity index (χ1) is 8.14. The lowest BCUT2D eigenvalue weighted by Gasteiger charge is -2.24. The molecule has 4 heteroatoms. The molecule has 90 valence electrons. The third-order valence-corrected chi connectivity index (χ3v) is 2.81. The predicted molar refractivity (Wildman–Crippen MR) is 68.4 cm³/mol. The topological polar surface area (TPSA) is 44.4 Å². The molecule has 1 atom stereocenters. The monoisotopic (exact) mass is 231 g/mol. The molecule has 0 spiro atoms. The fourth-order valence-corrected chi connectivity index (χ4v) is 1.89. The number of rotatable bonds is 4. The SMILES string of the molecule is C=CCC[C@]1(C)NC(=O)N(c2ccccc2)N1. The Morgan fingerprint density at radius 3 is 2.76 bits per heavy atom. The van der Waals surface area contributed by atoms with Crippen LogP contribution >= 0.6 is 0 Å². The predicted octanol–water partition coefficient (Wildman–Crippen LogP) is 2.40. The van der Waals surface area contributed by atoms with Crippen LogP contribution in [0, 0.1) is 0 Å². The summed E-state index contributed by atoms with van der Waals surface area (Å²) >= 11 is 0. The average molecular weight is 231 g/mol. The molecule has 4 nitrogen and oxygen atoms in total. The van der Waals surface area contributed by atoms with Crippen LogP contribution in [0.1, 0.15) is 19.8 Å². The molecule has 2 amide bonds. The van der Waals surface area contributed by atoms with E-state index in [1.807, 2.05) is 43.3 Å². The number of carbonyl (C=O) groups is 1. The summed E-state index contributed by atoms with van der Waals surface area (Å²) in [5.41, 5.74) is 3.63. The summed E-state index contributed by atoms with van der Waals surface area (Å²) < 4.78 is 0. The highest BCUT2D eigenvalue weighted by atomic mass is 16.2. The van der Waals surface area contributed by atoms with Crippen LogP contribution in [0.4, 0.5) is 10.5 Å². The number of urea groups is 1. The number of hydrogen-bond donors (Lipinski definition) is 2. The number of para-hydroxylation sites is 1. The van der Waals surface area contributed by atoms with Gasteiger partial charge in [0.2, 0.25) is 0 Å². The molecule has 0 saturated carbocycles. The van der Waals surface area contributed by atoms with Gasteiger partial charge in [-0.25, -0.2) is 15.2 Å². The van der Waals surface area contributed by atoms with Crippen molar-refractivity contribution in [3.8, 4) is 0 Å². The molecule has 2 rings (SSSR count). The Hall–Kier alpha value is -1.81. The van der Waals surface area contributed by atoms with Gasteiger partial charge in [-0.2, -0.15) is 0 Å². The van der Waals surface area contributed by atoms with Gasteiger partial charge < -0.3 is 5.32 Å². The second kappa shape index (κ2) is 4.59. The Labute approximate surface area is 101 Å². The summed E-state index contributed by atoms with van der Waals surface area (Å²) in [7, 11) is 0. The highest BCUT2D eigenvalue weighted by Gasteiger charge is 2.38. The quantitative estimate of drug-likeness (QED) is 0.781. The number of hydrazine groups is 1. The zero-order chi connectivity index (χ0) is 12.3. The zero-order valence-electron chi connectivity index (χ0n) is 9.94. The van der Waals surface area contributed by atoms with Gasteiger partial charge >= 0.3 is 6.03 Å². The first-order valence-corrected chi connectivity index (χ1v) is 5.71. The normalized spacial score (nSPS) is 23.6. The Morgan fingerprint density at radius 1 is 1.41 bits per heavy atom. The van der Waals surface area contributed by atoms with Crippen molar-refractivity contribution in [2.45, 2.75) is 25.4 Å². The summed E-state index contributed by atoms with van der Waals surface area (Å²) in [6.45, 7) is 5.66. The molecule has 1 saturated heterocycles. The number of nitrogens with one attached hydrogen (secondary N) is 2. The minimum absolute atomic E-state index is 0.122. The fourth-order valence-electron chi connectivity index (χ4n) is 1.89. The van der Waals surface area contributed by atoms with E-state index in [9.17, 15) is 4.79 Å². The summed E-state index contributed by atoms with van der Waals surface area (Å²) in [5, 5.41) is 4.49. The molecule has 0 aliphatic carbocycles. The van der Waals surface area contributed by atoms with Gasteiger partial charge in [0.15, 0.2) is 0 Å². The summed E-state index contributed by atoms with van der Waals surface area (Å²) in [6, 6.07) is 9.40. The van der Waals surface area contributed by atoms with Crippen molar-refractivity contribution < 1.29 is 4.79 Å². The minimum atomic E-state index is -0.402. The zero-order valence-corrected chi connectivity index (χ0v) is 9.94. The highest BCUT2D eigenvalue weighted by Crippen LogP contribution is 2.21. The largest absolute Gasteiger partial charge is 0.338 e. The van der Waals surface area contributed by atoms with Crippen molar-refractivity contribution in [1.29, 1.82) is 0 Å². The van der Waals surface area contributed by atoms with E-state index in [0.717, 1.165) is 18.5 Å². The van der Waals surface area contributed by atoms with Crippen LogP contribution in [0.25, 0.3) is 0 Å². The third kappa shape index (κ3) is 2.47. The van der Waals surface area contributed by atoms with Crippen LogP contribution in [0.2, 0.25) is 0 Å². The van der Waals surface area contributed by atoms with E-state index in [1.165, 1.54) is 0 Å². The van der Waals surface area contributed by atoms with Crippen molar-refractivity contribution in [2.75, 3.05) is 5.01 Å². The standard InChI is InChI=1S/C13H17N3O/c1-3-4-10-13(2)14-12(17)16(15-13)11-8-6-5-7-9-11/h3,5-9,15H,1,4,10H2,2H3,(H,14,17)/t13-/m1/s1. The first-order valence-electron chi connectivity index (χ1n) is 5.71. The van der Waals surface area contributed by atoms with Crippen LogP contribution in [0.3, 0.4) is 0 Å². The van der Waals surface area contributed by atoms with E-state index in [1.54, 1.807) is 5.01 Å². The number of benzene rings is 1. The van der Waals surface area contributed by atoms with Crippen molar-refractivity contribution in [3.05, 3.63) is 43.0 Å². The van der Waals surface area contributed by atoms with E-state index in [4.69, 9.17) is 0 Å². The van der Waals surface area contributed by atoms with Gasteiger partial charge in [-0.1, -0.05) is 24.3 Å². The lowest BCUT2D eigenvalue weighted by molar-refractivity contribution is 0.246. The maximum Gasteiger partial charge on any atom is 0.338 e. The van der Waals surface area contributed by atoms with Gasteiger partial charge in [0.1, 0.15) is 5.66 Å². The lowest BCUT2D eigenvalue weighted by atomic mass is 10.1. The second-order valence-electron chi connectivity index (χ2n) is 4.37. The Bertz CT molecular complexity index is 418. The molecular formula is C13H17N3O. The molecule has 1 aromatic rings. The van der Waals surface area contributed by atoms with E-state index >= 15 is 0 Å². The Balaban J connectivity index is 2.12. The van der Waals surface area contributed by atoms with Gasteiger partial charge in [0.25, 0.3) is 0 Å². The number of anilines is 1. The maximum atomic E-state index is 11.9. The molecule has 0 aromatic heterocycles. The molecule has 1 aromatic carbocycles. The van der Waals surface area contributed by atoms with Crippen LogP contribution < -0.4 is 15.8 Å². The lowest BCUT2D eigenvalue weighted by Crippen LogP contribution is -2.48. The third-order valence-electron chi connectivity index (χ3n) is 2.81. The van der Waals surface area contributed by atoms with Gasteiger partial charge in [0.05, 0.1) is 5.69 Å². The van der Waals surface area contributed by atoms with Gasteiger partial charge in [-0.15, -0.1) is 6.58 Å². The molecule has 1 aliphatic heterocycles. The summed E-state index contributed by atoms with van der Waals surface area (Å²) in [6.07, 6.45) is 3.52. The molecule has 1 heterocycles. The smallest absolute Gasteiger partial charge is 0.317 e. The maximum absolute atomic E-state index is 11.9. The molecule has 2 N–H and O–H groups in total.